The summed E-state index contributed by atoms with van der Waals surface area (Å²) in [6.45, 7) is -0.104. The molecule has 0 aliphatic heterocycles. The van der Waals surface area contributed by atoms with Crippen molar-refractivity contribution in [3.05, 3.63) is 34.6 Å². The molecule has 0 radical (unpaired) electrons. The van der Waals surface area contributed by atoms with Gasteiger partial charge in [-0.15, -0.1) is 0 Å². The number of carbonyl (C=O) groups excluding carboxylic acids is 1. The number of hydrogen-bond acceptors (Lipinski definition) is 5. The summed E-state index contributed by atoms with van der Waals surface area (Å²) in [4.78, 5) is 21.2. The summed E-state index contributed by atoms with van der Waals surface area (Å²) in [6, 6.07) is 2.81. The van der Waals surface area contributed by atoms with Gasteiger partial charge >= 0.3 is 5.82 Å². The third kappa shape index (κ3) is 2.65. The molecule has 0 unspecified atom stereocenters. The summed E-state index contributed by atoms with van der Waals surface area (Å²) < 4.78 is 1.18. The van der Waals surface area contributed by atoms with E-state index in [1.165, 1.54) is 23.1 Å². The number of H-pyrrole nitrogens is 1. The number of nitrogens with one attached hydrogen (secondary N) is 2. The lowest BCUT2D eigenvalue weighted by molar-refractivity contribution is -0.389. The van der Waals surface area contributed by atoms with E-state index in [0.29, 0.717) is 5.82 Å². The molecule has 9 heteroatoms. The fraction of sp³-hybridized carbons (Fsp3) is 0.125. The topological polar surface area (TPSA) is 119 Å². The molecule has 2 rings (SSSR count). The molecule has 88 valence electrons. The Kier molecular flexibility index (Phi) is 2.81. The Bertz CT molecular complexity index is 531. The second-order valence-electron chi connectivity index (χ2n) is 3.15. The van der Waals surface area contributed by atoms with Crippen LogP contribution in [0.2, 0.25) is 0 Å². The molecule has 0 aromatic carbocycles. The van der Waals surface area contributed by atoms with Crippen LogP contribution in [-0.4, -0.2) is 30.8 Å². The largest absolute Gasteiger partial charge is 0.389 e. The van der Waals surface area contributed by atoms with E-state index in [1.807, 2.05) is 0 Å². The second-order valence-corrected chi connectivity index (χ2v) is 3.15. The summed E-state index contributed by atoms with van der Waals surface area (Å²) in [7, 11) is 0. The van der Waals surface area contributed by atoms with Crippen molar-refractivity contribution in [1.82, 2.24) is 20.0 Å². The highest BCUT2D eigenvalue weighted by Gasteiger charge is 2.13. The van der Waals surface area contributed by atoms with Gasteiger partial charge in [0.05, 0.1) is 23.6 Å². The number of aromatic amines is 1. The molecule has 0 aliphatic rings. The Labute approximate surface area is 94.6 Å². The molecular formula is C8H8N6O3. The van der Waals surface area contributed by atoms with Gasteiger partial charge in [-0.1, -0.05) is 0 Å². The van der Waals surface area contributed by atoms with Crippen molar-refractivity contribution < 1.29 is 9.72 Å². The van der Waals surface area contributed by atoms with Crippen LogP contribution in [0.3, 0.4) is 0 Å². The van der Waals surface area contributed by atoms with Gasteiger partial charge in [-0.05, 0) is 4.92 Å². The first-order chi connectivity index (χ1) is 8.15. The van der Waals surface area contributed by atoms with E-state index >= 15 is 0 Å². The summed E-state index contributed by atoms with van der Waals surface area (Å²) in [5.74, 6) is -0.191. The zero-order chi connectivity index (χ0) is 12.3. The normalized spacial score (nSPS) is 10.1. The molecule has 2 aromatic rings. The highest BCUT2D eigenvalue weighted by atomic mass is 16.6. The van der Waals surface area contributed by atoms with E-state index < -0.39 is 4.92 Å². The molecule has 0 spiro atoms. The molecule has 0 saturated carbocycles. The van der Waals surface area contributed by atoms with Crippen molar-refractivity contribution in [2.24, 2.45) is 0 Å². The molecule has 0 fully saturated rings. The number of carbonyl (C=O) groups is 1. The van der Waals surface area contributed by atoms with Gasteiger partial charge in [0.15, 0.2) is 0 Å². The van der Waals surface area contributed by atoms with Gasteiger partial charge in [0, 0.05) is 6.07 Å². The lowest BCUT2D eigenvalue weighted by Crippen LogP contribution is -2.19. The first-order valence-corrected chi connectivity index (χ1v) is 4.62. The number of anilines is 1. The number of rotatable bonds is 4. The van der Waals surface area contributed by atoms with Crippen LogP contribution < -0.4 is 5.32 Å². The van der Waals surface area contributed by atoms with E-state index in [-0.39, 0.29) is 18.3 Å². The third-order valence-electron chi connectivity index (χ3n) is 1.89. The van der Waals surface area contributed by atoms with Gasteiger partial charge in [0.2, 0.25) is 5.91 Å². The van der Waals surface area contributed by atoms with Crippen molar-refractivity contribution in [2.75, 3.05) is 5.32 Å². The number of amides is 1. The Morgan fingerprint density at radius 3 is 3.00 bits per heavy atom. The lowest BCUT2D eigenvalue weighted by atomic mass is 10.5. The predicted molar refractivity (Wildman–Crippen MR) is 56.1 cm³/mol. The molecule has 9 nitrogen and oxygen atoms in total. The van der Waals surface area contributed by atoms with Crippen LogP contribution in [0.4, 0.5) is 11.6 Å². The highest BCUT2D eigenvalue weighted by Crippen LogP contribution is 2.05. The minimum atomic E-state index is -0.622. The van der Waals surface area contributed by atoms with Gasteiger partial charge in [-0.2, -0.15) is 9.78 Å². The van der Waals surface area contributed by atoms with Gasteiger partial charge < -0.3 is 15.4 Å². The van der Waals surface area contributed by atoms with E-state index in [2.05, 4.69) is 20.6 Å². The van der Waals surface area contributed by atoms with Crippen LogP contribution in [0.15, 0.2) is 24.5 Å². The van der Waals surface area contributed by atoms with Crippen LogP contribution in [0.25, 0.3) is 0 Å². The summed E-state index contributed by atoms with van der Waals surface area (Å²) in [6.07, 6.45) is 2.86. The van der Waals surface area contributed by atoms with Gasteiger partial charge in [0.25, 0.3) is 0 Å². The number of nitro groups is 1. The Morgan fingerprint density at radius 1 is 1.59 bits per heavy atom. The molecule has 2 N–H and O–H groups in total. The first-order valence-electron chi connectivity index (χ1n) is 4.62. The number of aromatic nitrogens is 4. The minimum Gasteiger partial charge on any atom is -0.358 e. The second kappa shape index (κ2) is 4.43. The zero-order valence-corrected chi connectivity index (χ0v) is 8.53. The summed E-state index contributed by atoms with van der Waals surface area (Å²) >= 11 is 0. The van der Waals surface area contributed by atoms with Crippen molar-refractivity contribution in [1.29, 1.82) is 0 Å². The maximum Gasteiger partial charge on any atom is 0.389 e. The Balaban J connectivity index is 1.96. The van der Waals surface area contributed by atoms with Gasteiger partial charge in [-0.3, -0.25) is 9.89 Å². The lowest BCUT2D eigenvalue weighted by Gasteiger charge is -1.99. The predicted octanol–water partition coefficient (Wildman–Crippen LogP) is 0.153. The molecular weight excluding hydrogens is 228 g/mol. The van der Waals surface area contributed by atoms with Crippen LogP contribution in [0.5, 0.6) is 0 Å². The van der Waals surface area contributed by atoms with Gasteiger partial charge in [0.1, 0.15) is 12.4 Å². The molecule has 2 heterocycles. The SMILES string of the molecule is O=C(Cn1ccc([N+](=O)[O-])n1)Nc1ccn[nH]1. The van der Waals surface area contributed by atoms with Gasteiger partial charge in [-0.25, -0.2) is 0 Å². The number of hydrogen-bond donors (Lipinski definition) is 2. The van der Waals surface area contributed by atoms with Crippen molar-refractivity contribution in [2.45, 2.75) is 6.54 Å². The van der Waals surface area contributed by atoms with E-state index in [0.717, 1.165) is 0 Å². The number of nitrogens with zero attached hydrogens (tertiary/aromatic N) is 4. The minimum absolute atomic E-state index is 0.104. The van der Waals surface area contributed by atoms with E-state index in [9.17, 15) is 14.9 Å². The fourth-order valence-electron chi connectivity index (χ4n) is 1.20. The average Bonchev–Trinajstić information content (AvgIpc) is 2.88. The Morgan fingerprint density at radius 2 is 2.41 bits per heavy atom. The molecule has 2 aromatic heterocycles. The molecule has 0 bridgehead atoms. The smallest absolute Gasteiger partial charge is 0.358 e. The molecule has 0 aliphatic carbocycles. The summed E-state index contributed by atoms with van der Waals surface area (Å²) in [5.41, 5.74) is 0. The molecule has 1 amide bonds. The summed E-state index contributed by atoms with van der Waals surface area (Å²) in [5, 5.41) is 22.7. The maximum absolute atomic E-state index is 11.5. The van der Waals surface area contributed by atoms with E-state index in [1.54, 1.807) is 6.07 Å². The first kappa shape index (κ1) is 10.8. The maximum atomic E-state index is 11.5. The fourth-order valence-corrected chi connectivity index (χ4v) is 1.20. The monoisotopic (exact) mass is 236 g/mol. The molecule has 0 atom stereocenters. The van der Waals surface area contributed by atoms with Crippen LogP contribution in [0.1, 0.15) is 0 Å². The molecule has 17 heavy (non-hydrogen) atoms. The van der Waals surface area contributed by atoms with Crippen LogP contribution in [0, 0.1) is 10.1 Å². The van der Waals surface area contributed by atoms with Crippen LogP contribution in [-0.2, 0) is 11.3 Å². The van der Waals surface area contributed by atoms with Crippen LogP contribution >= 0.6 is 0 Å². The quantitative estimate of drug-likeness (QED) is 0.578. The van der Waals surface area contributed by atoms with E-state index in [4.69, 9.17) is 0 Å². The van der Waals surface area contributed by atoms with Crippen molar-refractivity contribution >= 4 is 17.5 Å². The highest BCUT2D eigenvalue weighted by molar-refractivity contribution is 5.89. The average molecular weight is 236 g/mol. The Hall–Kier alpha value is -2.71. The van der Waals surface area contributed by atoms with Crippen molar-refractivity contribution in [3.63, 3.8) is 0 Å². The van der Waals surface area contributed by atoms with Crippen molar-refractivity contribution in [3.8, 4) is 0 Å². The standard InChI is InChI=1S/C8H8N6O3/c15-8(10-6-1-3-9-11-6)5-13-4-2-7(12-13)14(16)17/h1-4H,5H2,(H2,9,10,11,15). The zero-order valence-electron chi connectivity index (χ0n) is 8.53. The third-order valence-corrected chi connectivity index (χ3v) is 1.89. The molecule has 0 saturated heterocycles.